The lowest BCUT2D eigenvalue weighted by Crippen LogP contribution is -2.43. The molecule has 0 fully saturated rings. The maximum absolute atomic E-state index is 10.5. The summed E-state index contributed by atoms with van der Waals surface area (Å²) in [6.45, 7) is 10.8. The van der Waals surface area contributed by atoms with Gasteiger partial charge in [0.2, 0.25) is 0 Å². The quantitative estimate of drug-likeness (QED) is 0.805. The number of aromatic nitrogens is 2. The number of aliphatic hydroxyl groups is 1. The van der Waals surface area contributed by atoms with Crippen molar-refractivity contribution < 1.29 is 5.11 Å². The maximum Gasteiger partial charge on any atom is 0.125 e. The number of thiazole rings is 1. The topological polar surface area (TPSA) is 58.0 Å². The van der Waals surface area contributed by atoms with Crippen LogP contribution in [0.1, 0.15) is 50.7 Å². The molecule has 0 aliphatic heterocycles. The molecule has 0 spiro atoms. The van der Waals surface area contributed by atoms with E-state index in [0.29, 0.717) is 6.54 Å². The lowest BCUT2D eigenvalue weighted by Gasteiger charge is -2.31. The SMILES string of the molecule is CCC(C)C(C)(O)CNC(C)c1sc(-c2cccnc2)nc1C. The van der Waals surface area contributed by atoms with Crippen molar-refractivity contribution in [2.75, 3.05) is 6.54 Å². The van der Waals surface area contributed by atoms with E-state index in [9.17, 15) is 5.11 Å². The Morgan fingerprint density at radius 2 is 2.13 bits per heavy atom. The first kappa shape index (κ1) is 18.0. The summed E-state index contributed by atoms with van der Waals surface area (Å²) in [7, 11) is 0. The zero-order chi connectivity index (χ0) is 17.0. The minimum absolute atomic E-state index is 0.161. The van der Waals surface area contributed by atoms with Gasteiger partial charge in [0.15, 0.2) is 0 Å². The highest BCUT2D eigenvalue weighted by Crippen LogP contribution is 2.31. The molecule has 0 saturated carbocycles. The van der Waals surface area contributed by atoms with Crippen LogP contribution in [0.15, 0.2) is 24.5 Å². The van der Waals surface area contributed by atoms with E-state index in [1.165, 1.54) is 4.88 Å². The molecule has 0 aliphatic rings. The molecule has 0 aliphatic carbocycles. The Bertz CT molecular complexity index is 624. The lowest BCUT2D eigenvalue weighted by molar-refractivity contribution is 0.00370. The number of hydrogen-bond donors (Lipinski definition) is 2. The predicted molar refractivity (Wildman–Crippen MR) is 96.6 cm³/mol. The van der Waals surface area contributed by atoms with Gasteiger partial charge in [0, 0.05) is 35.4 Å². The summed E-state index contributed by atoms with van der Waals surface area (Å²) in [4.78, 5) is 10.0. The van der Waals surface area contributed by atoms with Gasteiger partial charge in [0.1, 0.15) is 5.01 Å². The first-order valence-corrected chi connectivity index (χ1v) is 9.00. The van der Waals surface area contributed by atoms with Crippen molar-refractivity contribution >= 4 is 11.3 Å². The largest absolute Gasteiger partial charge is 0.389 e. The molecular formula is C18H27N3OS. The Morgan fingerprint density at radius 3 is 2.74 bits per heavy atom. The fraction of sp³-hybridized carbons (Fsp3) is 0.556. The van der Waals surface area contributed by atoms with E-state index < -0.39 is 5.60 Å². The third kappa shape index (κ3) is 4.37. The molecule has 2 aromatic heterocycles. The minimum Gasteiger partial charge on any atom is -0.389 e. The molecule has 0 aromatic carbocycles. The molecule has 4 nitrogen and oxygen atoms in total. The van der Waals surface area contributed by atoms with Crippen LogP contribution in [0.2, 0.25) is 0 Å². The van der Waals surface area contributed by atoms with Gasteiger partial charge in [-0.15, -0.1) is 11.3 Å². The van der Waals surface area contributed by atoms with Crippen LogP contribution in [0.3, 0.4) is 0 Å². The van der Waals surface area contributed by atoms with Crippen LogP contribution in [-0.2, 0) is 0 Å². The Hall–Kier alpha value is -1.30. The second kappa shape index (κ2) is 7.51. The van der Waals surface area contributed by atoms with E-state index in [-0.39, 0.29) is 12.0 Å². The first-order chi connectivity index (χ1) is 10.8. The fourth-order valence-corrected chi connectivity index (χ4v) is 3.57. The standard InChI is InChI=1S/C18H27N3OS/c1-6-12(2)18(5,22)11-20-13(3)16-14(4)21-17(23-16)15-8-7-9-19-10-15/h7-10,12-13,20,22H,6,11H2,1-5H3. The number of nitrogens with one attached hydrogen (secondary N) is 1. The smallest absolute Gasteiger partial charge is 0.125 e. The van der Waals surface area contributed by atoms with Gasteiger partial charge in [-0.3, -0.25) is 4.98 Å². The van der Waals surface area contributed by atoms with E-state index >= 15 is 0 Å². The average molecular weight is 334 g/mol. The zero-order valence-corrected chi connectivity index (χ0v) is 15.4. The van der Waals surface area contributed by atoms with Crippen LogP contribution in [0.4, 0.5) is 0 Å². The molecular weight excluding hydrogens is 306 g/mol. The number of rotatable bonds is 7. The zero-order valence-electron chi connectivity index (χ0n) is 14.6. The van der Waals surface area contributed by atoms with Gasteiger partial charge in [-0.2, -0.15) is 0 Å². The number of aryl methyl sites for hydroxylation is 1. The van der Waals surface area contributed by atoms with Gasteiger partial charge in [0.25, 0.3) is 0 Å². The molecule has 0 radical (unpaired) electrons. The third-order valence-corrected chi connectivity index (χ3v) is 5.96. The molecule has 23 heavy (non-hydrogen) atoms. The van der Waals surface area contributed by atoms with E-state index in [0.717, 1.165) is 22.7 Å². The van der Waals surface area contributed by atoms with Crippen LogP contribution >= 0.6 is 11.3 Å². The molecule has 0 saturated heterocycles. The number of nitrogens with zero attached hydrogens (tertiary/aromatic N) is 2. The summed E-state index contributed by atoms with van der Waals surface area (Å²) in [6.07, 6.45) is 4.58. The maximum atomic E-state index is 10.5. The van der Waals surface area contributed by atoms with Crippen molar-refractivity contribution in [2.45, 2.75) is 52.7 Å². The Kier molecular flexibility index (Phi) is 5.89. The summed E-state index contributed by atoms with van der Waals surface area (Å²) in [5, 5.41) is 15.0. The van der Waals surface area contributed by atoms with E-state index in [1.54, 1.807) is 17.5 Å². The van der Waals surface area contributed by atoms with E-state index in [2.05, 4.69) is 36.1 Å². The van der Waals surface area contributed by atoms with Crippen LogP contribution < -0.4 is 5.32 Å². The van der Waals surface area contributed by atoms with Crippen LogP contribution in [0.25, 0.3) is 10.6 Å². The molecule has 2 rings (SSSR count). The highest BCUT2D eigenvalue weighted by atomic mass is 32.1. The second-order valence-corrected chi connectivity index (χ2v) is 7.51. The van der Waals surface area contributed by atoms with Gasteiger partial charge in [-0.05, 0) is 38.8 Å². The molecule has 2 aromatic rings. The average Bonchev–Trinajstić information content (AvgIpc) is 2.94. The molecule has 5 heteroatoms. The molecule has 2 heterocycles. The van der Waals surface area contributed by atoms with Gasteiger partial charge < -0.3 is 10.4 Å². The second-order valence-electron chi connectivity index (χ2n) is 6.48. The monoisotopic (exact) mass is 333 g/mol. The highest BCUT2D eigenvalue weighted by molar-refractivity contribution is 7.15. The van der Waals surface area contributed by atoms with Crippen LogP contribution in [0, 0.1) is 12.8 Å². The number of hydrogen-bond acceptors (Lipinski definition) is 5. The van der Waals surface area contributed by atoms with Crippen molar-refractivity contribution in [1.29, 1.82) is 0 Å². The summed E-state index contributed by atoms with van der Waals surface area (Å²) >= 11 is 1.69. The summed E-state index contributed by atoms with van der Waals surface area (Å²) < 4.78 is 0. The van der Waals surface area contributed by atoms with Crippen LogP contribution in [0.5, 0.6) is 0 Å². The molecule has 126 valence electrons. The van der Waals surface area contributed by atoms with Crippen molar-refractivity contribution in [1.82, 2.24) is 15.3 Å². The fourth-order valence-electron chi connectivity index (χ4n) is 2.49. The molecule has 3 unspecified atom stereocenters. The number of pyridine rings is 1. The molecule has 0 bridgehead atoms. The van der Waals surface area contributed by atoms with Gasteiger partial charge in [-0.1, -0.05) is 20.3 Å². The predicted octanol–water partition coefficient (Wildman–Crippen LogP) is 3.96. The van der Waals surface area contributed by atoms with E-state index in [4.69, 9.17) is 0 Å². The normalized spacial score (nSPS) is 16.8. The summed E-state index contributed by atoms with van der Waals surface area (Å²) in [5.41, 5.74) is 1.39. The summed E-state index contributed by atoms with van der Waals surface area (Å²) in [6, 6.07) is 4.12. The summed E-state index contributed by atoms with van der Waals surface area (Å²) in [5.74, 6) is 0.260. The van der Waals surface area contributed by atoms with Crippen LogP contribution in [-0.4, -0.2) is 27.2 Å². The Balaban J connectivity index is 2.09. The highest BCUT2D eigenvalue weighted by Gasteiger charge is 2.28. The Morgan fingerprint density at radius 1 is 1.39 bits per heavy atom. The van der Waals surface area contributed by atoms with Crippen molar-refractivity contribution in [3.05, 3.63) is 35.1 Å². The lowest BCUT2D eigenvalue weighted by atomic mass is 9.88. The molecule has 3 atom stereocenters. The van der Waals surface area contributed by atoms with Crippen molar-refractivity contribution in [3.8, 4) is 10.6 Å². The third-order valence-electron chi connectivity index (χ3n) is 4.57. The van der Waals surface area contributed by atoms with Gasteiger partial charge in [0.05, 0.1) is 11.3 Å². The molecule has 2 N–H and O–H groups in total. The van der Waals surface area contributed by atoms with Crippen molar-refractivity contribution in [2.24, 2.45) is 5.92 Å². The first-order valence-electron chi connectivity index (χ1n) is 8.18. The van der Waals surface area contributed by atoms with Gasteiger partial charge in [-0.25, -0.2) is 4.98 Å². The molecule has 0 amide bonds. The minimum atomic E-state index is -0.701. The van der Waals surface area contributed by atoms with Gasteiger partial charge >= 0.3 is 0 Å². The van der Waals surface area contributed by atoms with Crippen molar-refractivity contribution in [3.63, 3.8) is 0 Å². The van der Waals surface area contributed by atoms with E-state index in [1.807, 2.05) is 32.2 Å². The Labute approximate surface area is 143 Å².